The molecule has 0 aromatic carbocycles. The first kappa shape index (κ1) is 12.9. The summed E-state index contributed by atoms with van der Waals surface area (Å²) in [5.74, 6) is 2.11. The van der Waals surface area contributed by atoms with Crippen LogP contribution in [0.4, 0.5) is 11.6 Å². The average Bonchev–Trinajstić information content (AvgIpc) is 3.22. The van der Waals surface area contributed by atoms with Crippen molar-refractivity contribution in [3.8, 4) is 0 Å². The predicted octanol–water partition coefficient (Wildman–Crippen LogP) is 1.97. The second kappa shape index (κ2) is 5.55. The Labute approximate surface area is 128 Å². The molecule has 1 aliphatic carbocycles. The van der Waals surface area contributed by atoms with E-state index < -0.39 is 0 Å². The molecule has 0 unspecified atom stereocenters. The lowest BCUT2D eigenvalue weighted by Crippen LogP contribution is -2.46. The Morgan fingerprint density at radius 3 is 2.57 bits per heavy atom. The summed E-state index contributed by atoms with van der Waals surface area (Å²) in [4.78, 5) is 13.4. The van der Waals surface area contributed by atoms with Crippen molar-refractivity contribution in [1.82, 2.24) is 18.7 Å². The minimum atomic E-state index is 0.579. The number of hydrogen-bond donors (Lipinski definition) is 0. The predicted molar refractivity (Wildman–Crippen MR) is 82.7 cm³/mol. The molecule has 2 aliphatic rings. The molecule has 4 rings (SSSR count). The summed E-state index contributed by atoms with van der Waals surface area (Å²) in [6.45, 7) is 2.09. The number of rotatable bonds is 4. The molecular weight excluding hydrogens is 284 g/mol. The zero-order chi connectivity index (χ0) is 14.1. The minimum Gasteiger partial charge on any atom is -0.354 e. The number of anilines is 2. The molecule has 2 fully saturated rings. The molecule has 0 spiro atoms. The second-order valence-electron chi connectivity index (χ2n) is 5.69. The Morgan fingerprint density at radius 2 is 1.95 bits per heavy atom. The molecule has 1 saturated heterocycles. The van der Waals surface area contributed by atoms with Crippen molar-refractivity contribution in [2.45, 2.75) is 37.8 Å². The van der Waals surface area contributed by atoms with Gasteiger partial charge in [0.1, 0.15) is 12.1 Å². The molecule has 2 aromatic rings. The molecule has 2 aromatic heterocycles. The van der Waals surface area contributed by atoms with Crippen molar-refractivity contribution < 1.29 is 0 Å². The Morgan fingerprint density at radius 1 is 1.14 bits per heavy atom. The summed E-state index contributed by atoms with van der Waals surface area (Å²) in [7, 11) is 0. The monoisotopic (exact) mass is 302 g/mol. The molecular formula is C14H18N6S. The topological polar surface area (TPSA) is 58.0 Å². The summed E-state index contributed by atoms with van der Waals surface area (Å²) >= 11 is 1.28. The highest BCUT2D eigenvalue weighted by molar-refractivity contribution is 6.99. The molecule has 110 valence electrons. The van der Waals surface area contributed by atoms with Gasteiger partial charge in [0.15, 0.2) is 5.82 Å². The highest BCUT2D eigenvalue weighted by Gasteiger charge is 2.36. The van der Waals surface area contributed by atoms with Gasteiger partial charge >= 0.3 is 0 Å². The van der Waals surface area contributed by atoms with Crippen molar-refractivity contribution in [2.24, 2.45) is 0 Å². The van der Waals surface area contributed by atoms with Crippen molar-refractivity contribution >= 4 is 23.4 Å². The lowest BCUT2D eigenvalue weighted by atomic mass is 10.0. The Hall–Kier alpha value is -1.76. The zero-order valence-electron chi connectivity index (χ0n) is 11.8. The fourth-order valence-corrected chi connectivity index (χ4v) is 3.57. The van der Waals surface area contributed by atoms with Crippen molar-refractivity contribution in [3.05, 3.63) is 24.8 Å². The van der Waals surface area contributed by atoms with Crippen LogP contribution in [0.1, 0.15) is 25.7 Å². The van der Waals surface area contributed by atoms with E-state index in [1.54, 1.807) is 6.33 Å². The van der Waals surface area contributed by atoms with Gasteiger partial charge in [-0.2, -0.15) is 8.75 Å². The van der Waals surface area contributed by atoms with E-state index in [9.17, 15) is 0 Å². The number of hydrogen-bond acceptors (Lipinski definition) is 7. The first-order valence-electron chi connectivity index (χ1n) is 7.48. The fraction of sp³-hybridized carbons (Fsp3) is 0.571. The summed E-state index contributed by atoms with van der Waals surface area (Å²) in [6.07, 6.45) is 10.2. The van der Waals surface area contributed by atoms with E-state index in [1.165, 1.54) is 24.6 Å². The first-order chi connectivity index (χ1) is 10.4. The lowest BCUT2D eigenvalue weighted by Gasteiger charge is -2.39. The molecule has 6 nitrogen and oxygen atoms in total. The van der Waals surface area contributed by atoms with Gasteiger partial charge in [0.05, 0.1) is 17.9 Å². The maximum atomic E-state index is 4.46. The third-order valence-electron chi connectivity index (χ3n) is 4.30. The van der Waals surface area contributed by atoms with E-state index in [1.807, 2.05) is 18.5 Å². The zero-order valence-corrected chi connectivity index (χ0v) is 12.6. The highest BCUT2D eigenvalue weighted by atomic mass is 32.1. The van der Waals surface area contributed by atoms with Crippen LogP contribution in [-0.2, 0) is 0 Å². The van der Waals surface area contributed by atoms with Gasteiger partial charge in [0, 0.05) is 31.4 Å². The number of aromatic nitrogens is 4. The molecule has 0 radical (unpaired) electrons. The van der Waals surface area contributed by atoms with Gasteiger partial charge in [-0.05, 0) is 31.7 Å². The third-order valence-corrected chi connectivity index (χ3v) is 4.77. The summed E-state index contributed by atoms with van der Waals surface area (Å²) in [6, 6.07) is 3.29. The van der Waals surface area contributed by atoms with Crippen molar-refractivity contribution in [1.29, 1.82) is 0 Å². The number of piperidine rings is 1. The van der Waals surface area contributed by atoms with Crippen molar-refractivity contribution in [2.75, 3.05) is 22.9 Å². The third kappa shape index (κ3) is 2.70. The van der Waals surface area contributed by atoms with Gasteiger partial charge in [-0.3, -0.25) is 0 Å². The van der Waals surface area contributed by atoms with E-state index in [-0.39, 0.29) is 0 Å². The van der Waals surface area contributed by atoms with Gasteiger partial charge in [-0.25, -0.2) is 9.97 Å². The van der Waals surface area contributed by atoms with Gasteiger partial charge in [0.2, 0.25) is 0 Å². The quantitative estimate of drug-likeness (QED) is 0.860. The van der Waals surface area contributed by atoms with Gasteiger partial charge in [-0.15, -0.1) is 0 Å². The molecule has 7 heteroatoms. The first-order valence-corrected chi connectivity index (χ1v) is 8.22. The molecule has 0 amide bonds. The van der Waals surface area contributed by atoms with Crippen LogP contribution in [0.5, 0.6) is 0 Å². The van der Waals surface area contributed by atoms with Crippen LogP contribution in [0, 0.1) is 0 Å². The average molecular weight is 302 g/mol. The molecule has 1 saturated carbocycles. The number of nitrogens with zero attached hydrogens (tertiary/aromatic N) is 6. The van der Waals surface area contributed by atoms with Crippen LogP contribution >= 0.6 is 11.7 Å². The molecule has 3 heterocycles. The summed E-state index contributed by atoms with van der Waals surface area (Å²) in [5.41, 5.74) is 0. The summed E-state index contributed by atoms with van der Waals surface area (Å²) < 4.78 is 8.44. The van der Waals surface area contributed by atoms with E-state index in [0.717, 1.165) is 37.6 Å². The highest BCUT2D eigenvalue weighted by Crippen LogP contribution is 2.35. The standard InChI is InChI=1S/C14H18N6S/c1-2-11(1)20(13-3-6-15-10-16-13)12-4-7-19(8-5-12)14-9-17-21-18-14/h3,6,9-12H,1-2,4-5,7-8H2. The van der Waals surface area contributed by atoms with Crippen LogP contribution < -0.4 is 9.80 Å². The smallest absolute Gasteiger partial charge is 0.162 e. The van der Waals surface area contributed by atoms with Gasteiger partial charge < -0.3 is 9.80 Å². The second-order valence-corrected chi connectivity index (χ2v) is 6.25. The van der Waals surface area contributed by atoms with E-state index in [0.29, 0.717) is 12.1 Å². The molecule has 0 N–H and O–H groups in total. The summed E-state index contributed by atoms with van der Waals surface area (Å²) in [5, 5.41) is 0. The molecule has 1 aliphatic heterocycles. The molecule has 21 heavy (non-hydrogen) atoms. The van der Waals surface area contributed by atoms with Gasteiger partial charge in [0.25, 0.3) is 0 Å². The Kier molecular flexibility index (Phi) is 3.42. The van der Waals surface area contributed by atoms with Gasteiger partial charge in [-0.1, -0.05) is 0 Å². The normalized spacial score (nSPS) is 19.7. The van der Waals surface area contributed by atoms with Crippen LogP contribution in [-0.4, -0.2) is 43.9 Å². The fourth-order valence-electron chi connectivity index (χ4n) is 3.13. The lowest BCUT2D eigenvalue weighted by molar-refractivity contribution is 0.458. The van der Waals surface area contributed by atoms with E-state index in [2.05, 4.69) is 28.5 Å². The van der Waals surface area contributed by atoms with E-state index in [4.69, 9.17) is 0 Å². The molecule has 0 bridgehead atoms. The maximum Gasteiger partial charge on any atom is 0.162 e. The van der Waals surface area contributed by atoms with E-state index >= 15 is 0 Å². The van der Waals surface area contributed by atoms with Crippen LogP contribution in [0.15, 0.2) is 24.8 Å². The SMILES string of the molecule is c1cc(N(C2CC2)C2CCN(c3cnsn3)CC2)ncn1. The molecule has 0 atom stereocenters. The van der Waals surface area contributed by atoms with Crippen LogP contribution in [0.2, 0.25) is 0 Å². The van der Waals surface area contributed by atoms with Crippen LogP contribution in [0.25, 0.3) is 0 Å². The maximum absolute atomic E-state index is 4.46. The minimum absolute atomic E-state index is 0.579. The Bertz CT molecular complexity index is 562. The van der Waals surface area contributed by atoms with Crippen molar-refractivity contribution in [3.63, 3.8) is 0 Å². The largest absolute Gasteiger partial charge is 0.354 e. The van der Waals surface area contributed by atoms with Crippen LogP contribution in [0.3, 0.4) is 0 Å². The Balaban J connectivity index is 1.46.